The topological polar surface area (TPSA) is 75.7 Å². The monoisotopic (exact) mass is 291 g/mol. The molecule has 16 heavy (non-hydrogen) atoms. The SMILES string of the molecule is Br.Cc1cc(O)cc(CO)c1OCC(C)N. The lowest BCUT2D eigenvalue weighted by Crippen LogP contribution is -2.24. The van der Waals surface area contributed by atoms with E-state index in [9.17, 15) is 5.11 Å². The molecule has 5 heteroatoms. The zero-order valence-electron chi connectivity index (χ0n) is 9.43. The van der Waals surface area contributed by atoms with Crippen LogP contribution in [0.5, 0.6) is 11.5 Å². The number of hydrogen-bond donors (Lipinski definition) is 3. The van der Waals surface area contributed by atoms with Crippen molar-refractivity contribution in [1.82, 2.24) is 0 Å². The van der Waals surface area contributed by atoms with Gasteiger partial charge in [0, 0.05) is 11.6 Å². The van der Waals surface area contributed by atoms with E-state index in [1.807, 2.05) is 13.8 Å². The van der Waals surface area contributed by atoms with Gasteiger partial charge < -0.3 is 20.7 Å². The fourth-order valence-corrected chi connectivity index (χ4v) is 1.37. The van der Waals surface area contributed by atoms with Crippen LogP contribution in [-0.2, 0) is 6.61 Å². The van der Waals surface area contributed by atoms with Crippen molar-refractivity contribution in [3.63, 3.8) is 0 Å². The predicted molar refractivity (Wildman–Crippen MR) is 68.2 cm³/mol. The fourth-order valence-electron chi connectivity index (χ4n) is 1.37. The third-order valence-electron chi connectivity index (χ3n) is 2.00. The number of nitrogens with two attached hydrogens (primary N) is 1. The number of aromatic hydroxyl groups is 1. The molecule has 0 saturated carbocycles. The number of aryl methyl sites for hydroxylation is 1. The van der Waals surface area contributed by atoms with Gasteiger partial charge in [-0.3, -0.25) is 0 Å². The average Bonchev–Trinajstić information content (AvgIpc) is 2.14. The van der Waals surface area contributed by atoms with E-state index < -0.39 is 0 Å². The van der Waals surface area contributed by atoms with E-state index in [0.29, 0.717) is 17.9 Å². The van der Waals surface area contributed by atoms with E-state index in [1.54, 1.807) is 6.07 Å². The molecule has 1 rings (SSSR count). The summed E-state index contributed by atoms with van der Waals surface area (Å²) in [5, 5.41) is 18.4. The quantitative estimate of drug-likeness (QED) is 0.786. The Labute approximate surface area is 106 Å². The predicted octanol–water partition coefficient (Wildman–Crippen LogP) is 1.50. The van der Waals surface area contributed by atoms with Crippen LogP contribution in [0.3, 0.4) is 0 Å². The van der Waals surface area contributed by atoms with E-state index in [-0.39, 0.29) is 35.4 Å². The van der Waals surface area contributed by atoms with Gasteiger partial charge in [-0.05, 0) is 31.5 Å². The largest absolute Gasteiger partial charge is 0.508 e. The molecular formula is C11H18BrNO3. The molecule has 1 unspecified atom stereocenters. The first-order valence-corrected chi connectivity index (χ1v) is 4.86. The molecule has 0 aromatic heterocycles. The molecule has 1 atom stereocenters. The molecule has 0 fully saturated rings. The number of phenolic OH excluding ortho intramolecular Hbond substituents is 1. The number of benzene rings is 1. The van der Waals surface area contributed by atoms with Crippen LogP contribution in [0.15, 0.2) is 12.1 Å². The molecule has 1 aromatic carbocycles. The molecule has 92 valence electrons. The summed E-state index contributed by atoms with van der Waals surface area (Å²) in [6.45, 7) is 3.88. The summed E-state index contributed by atoms with van der Waals surface area (Å²) in [4.78, 5) is 0. The molecule has 0 radical (unpaired) electrons. The van der Waals surface area contributed by atoms with Gasteiger partial charge in [-0.25, -0.2) is 0 Å². The minimum atomic E-state index is -0.163. The van der Waals surface area contributed by atoms with E-state index in [1.165, 1.54) is 6.07 Å². The summed E-state index contributed by atoms with van der Waals surface area (Å²) in [5.41, 5.74) is 6.94. The molecule has 0 saturated heterocycles. The Hall–Kier alpha value is -0.780. The number of rotatable bonds is 4. The lowest BCUT2D eigenvalue weighted by Gasteiger charge is -2.14. The van der Waals surface area contributed by atoms with Crippen LogP contribution in [0.2, 0.25) is 0 Å². The first kappa shape index (κ1) is 15.2. The minimum Gasteiger partial charge on any atom is -0.508 e. The highest BCUT2D eigenvalue weighted by molar-refractivity contribution is 8.93. The summed E-state index contributed by atoms with van der Waals surface area (Å²) in [6, 6.07) is 3.02. The van der Waals surface area contributed by atoms with Gasteiger partial charge >= 0.3 is 0 Å². The third kappa shape index (κ3) is 4.00. The van der Waals surface area contributed by atoms with Crippen molar-refractivity contribution < 1.29 is 14.9 Å². The van der Waals surface area contributed by atoms with Gasteiger partial charge in [-0.1, -0.05) is 0 Å². The summed E-state index contributed by atoms with van der Waals surface area (Å²) >= 11 is 0. The maximum absolute atomic E-state index is 9.34. The van der Waals surface area contributed by atoms with Crippen molar-refractivity contribution >= 4 is 17.0 Å². The molecule has 0 aliphatic heterocycles. The van der Waals surface area contributed by atoms with Crippen LogP contribution >= 0.6 is 17.0 Å². The number of phenols is 1. The maximum atomic E-state index is 9.34. The van der Waals surface area contributed by atoms with Crippen molar-refractivity contribution in [3.8, 4) is 11.5 Å². The van der Waals surface area contributed by atoms with E-state index in [4.69, 9.17) is 15.6 Å². The molecule has 0 amide bonds. The van der Waals surface area contributed by atoms with Gasteiger partial charge in [-0.2, -0.15) is 0 Å². The summed E-state index contributed by atoms with van der Waals surface area (Å²) in [6.07, 6.45) is 0. The van der Waals surface area contributed by atoms with E-state index >= 15 is 0 Å². The number of halogens is 1. The van der Waals surface area contributed by atoms with Crippen molar-refractivity contribution in [2.75, 3.05) is 6.61 Å². The molecular weight excluding hydrogens is 274 g/mol. The van der Waals surface area contributed by atoms with Gasteiger partial charge in [0.05, 0.1) is 6.61 Å². The zero-order valence-corrected chi connectivity index (χ0v) is 11.1. The lowest BCUT2D eigenvalue weighted by atomic mass is 10.1. The number of hydrogen-bond acceptors (Lipinski definition) is 4. The summed E-state index contributed by atoms with van der Waals surface area (Å²) in [5.74, 6) is 0.734. The minimum absolute atomic E-state index is 0. The number of aliphatic hydroxyl groups excluding tert-OH is 1. The van der Waals surface area contributed by atoms with Gasteiger partial charge in [0.1, 0.15) is 18.1 Å². The van der Waals surface area contributed by atoms with Crippen LogP contribution in [0, 0.1) is 6.92 Å². The smallest absolute Gasteiger partial charge is 0.128 e. The molecule has 0 spiro atoms. The number of aliphatic hydroxyl groups is 1. The first-order chi connectivity index (χ1) is 7.04. The standard InChI is InChI=1S/C11H17NO3.BrH/c1-7-3-10(14)4-9(5-13)11(7)15-6-8(2)12;/h3-4,8,13-14H,5-6,12H2,1-2H3;1H. The molecule has 4 nitrogen and oxygen atoms in total. The van der Waals surface area contributed by atoms with Crippen LogP contribution in [0.1, 0.15) is 18.1 Å². The van der Waals surface area contributed by atoms with E-state index in [0.717, 1.165) is 5.56 Å². The van der Waals surface area contributed by atoms with Crippen LogP contribution < -0.4 is 10.5 Å². The third-order valence-corrected chi connectivity index (χ3v) is 2.00. The first-order valence-electron chi connectivity index (χ1n) is 4.86. The molecule has 0 bridgehead atoms. The normalized spacial score (nSPS) is 11.8. The van der Waals surface area contributed by atoms with Crippen molar-refractivity contribution in [3.05, 3.63) is 23.3 Å². The Bertz CT molecular complexity index is 342. The van der Waals surface area contributed by atoms with Crippen LogP contribution in [0.25, 0.3) is 0 Å². The van der Waals surface area contributed by atoms with Gasteiger partial charge in [-0.15, -0.1) is 17.0 Å². The molecule has 0 aliphatic carbocycles. The summed E-state index contributed by atoms with van der Waals surface area (Å²) < 4.78 is 5.48. The van der Waals surface area contributed by atoms with Gasteiger partial charge in [0.15, 0.2) is 0 Å². The second-order valence-corrected chi connectivity index (χ2v) is 3.70. The molecule has 4 N–H and O–H groups in total. The van der Waals surface area contributed by atoms with Crippen LogP contribution in [-0.4, -0.2) is 22.9 Å². The van der Waals surface area contributed by atoms with Crippen molar-refractivity contribution in [2.45, 2.75) is 26.5 Å². The van der Waals surface area contributed by atoms with Gasteiger partial charge in [0.2, 0.25) is 0 Å². The zero-order chi connectivity index (χ0) is 11.4. The second-order valence-electron chi connectivity index (χ2n) is 3.70. The Kier molecular flexibility index (Phi) is 6.40. The highest BCUT2D eigenvalue weighted by Gasteiger charge is 2.09. The summed E-state index contributed by atoms with van der Waals surface area (Å²) in [7, 11) is 0. The highest BCUT2D eigenvalue weighted by atomic mass is 79.9. The highest BCUT2D eigenvalue weighted by Crippen LogP contribution is 2.28. The fraction of sp³-hybridized carbons (Fsp3) is 0.455. The maximum Gasteiger partial charge on any atom is 0.128 e. The van der Waals surface area contributed by atoms with Crippen LogP contribution in [0.4, 0.5) is 0 Å². The van der Waals surface area contributed by atoms with Crippen molar-refractivity contribution in [1.29, 1.82) is 0 Å². The Morgan fingerprint density at radius 1 is 1.44 bits per heavy atom. The average molecular weight is 292 g/mol. The lowest BCUT2D eigenvalue weighted by molar-refractivity contribution is 0.255. The molecule has 0 aliphatic rings. The van der Waals surface area contributed by atoms with Gasteiger partial charge in [0.25, 0.3) is 0 Å². The second kappa shape index (κ2) is 6.73. The van der Waals surface area contributed by atoms with E-state index in [2.05, 4.69) is 0 Å². The Morgan fingerprint density at radius 3 is 2.56 bits per heavy atom. The molecule has 1 aromatic rings. The Balaban J connectivity index is 0.00000225. The molecule has 0 heterocycles. The van der Waals surface area contributed by atoms with Crippen molar-refractivity contribution in [2.24, 2.45) is 5.73 Å². The Morgan fingerprint density at radius 2 is 2.06 bits per heavy atom. The number of ether oxygens (including phenoxy) is 1.